The highest BCUT2D eigenvalue weighted by atomic mass is 16.5. The van der Waals surface area contributed by atoms with E-state index in [9.17, 15) is 4.79 Å². The number of esters is 1. The van der Waals surface area contributed by atoms with Gasteiger partial charge in [-0.05, 0) is 40.4 Å². The molecule has 88 valence electrons. The summed E-state index contributed by atoms with van der Waals surface area (Å²) in [6.45, 7) is 3.22. The topological polar surface area (TPSA) is 41.6 Å². The van der Waals surface area contributed by atoms with Crippen molar-refractivity contribution in [1.82, 2.24) is 10.2 Å². The number of carbonyl (C=O) groups excluding carboxylic acids is 1. The van der Waals surface area contributed by atoms with Gasteiger partial charge in [-0.2, -0.15) is 0 Å². The molecule has 2 atom stereocenters. The van der Waals surface area contributed by atoms with E-state index in [2.05, 4.69) is 24.2 Å². The number of rotatable bonds is 3. The Balaban J connectivity index is 2.65. The Morgan fingerprint density at radius 1 is 1.67 bits per heavy atom. The van der Waals surface area contributed by atoms with Gasteiger partial charge in [0.2, 0.25) is 0 Å². The first-order valence-electron chi connectivity index (χ1n) is 5.49. The normalized spacial score (nSPS) is 32.7. The fourth-order valence-electron chi connectivity index (χ4n) is 2.26. The molecule has 0 spiro atoms. The van der Waals surface area contributed by atoms with E-state index in [1.54, 1.807) is 0 Å². The Kier molecular flexibility index (Phi) is 4.11. The quantitative estimate of drug-likeness (QED) is 0.699. The first-order valence-corrected chi connectivity index (χ1v) is 5.49. The van der Waals surface area contributed by atoms with Crippen molar-refractivity contribution in [2.24, 2.45) is 0 Å². The van der Waals surface area contributed by atoms with Crippen molar-refractivity contribution in [3.63, 3.8) is 0 Å². The van der Waals surface area contributed by atoms with Crippen molar-refractivity contribution in [1.29, 1.82) is 0 Å². The maximum Gasteiger partial charge on any atom is 0.307 e. The minimum Gasteiger partial charge on any atom is -0.469 e. The van der Waals surface area contributed by atoms with Crippen LogP contribution in [0, 0.1) is 0 Å². The van der Waals surface area contributed by atoms with Crippen molar-refractivity contribution < 1.29 is 9.53 Å². The second-order valence-electron chi connectivity index (χ2n) is 4.57. The lowest BCUT2D eigenvalue weighted by Crippen LogP contribution is -2.55. The zero-order chi connectivity index (χ0) is 11.5. The second kappa shape index (κ2) is 4.94. The summed E-state index contributed by atoms with van der Waals surface area (Å²) in [4.78, 5) is 13.7. The Hall–Kier alpha value is -0.610. The first kappa shape index (κ1) is 12.5. The average molecular weight is 214 g/mol. The van der Waals surface area contributed by atoms with Crippen molar-refractivity contribution >= 4 is 5.97 Å². The average Bonchev–Trinajstić information content (AvgIpc) is 2.23. The summed E-state index contributed by atoms with van der Waals surface area (Å²) in [7, 11) is 5.51. The van der Waals surface area contributed by atoms with E-state index in [0.717, 1.165) is 19.4 Å². The van der Waals surface area contributed by atoms with Gasteiger partial charge in [-0.25, -0.2) is 0 Å². The molecular weight excluding hydrogens is 192 g/mol. The van der Waals surface area contributed by atoms with Gasteiger partial charge in [-0.1, -0.05) is 0 Å². The summed E-state index contributed by atoms with van der Waals surface area (Å²) in [6, 6.07) is 0.510. The number of hydrogen-bond acceptors (Lipinski definition) is 4. The lowest BCUT2D eigenvalue weighted by Gasteiger charge is -2.43. The predicted molar refractivity (Wildman–Crippen MR) is 59.7 cm³/mol. The van der Waals surface area contributed by atoms with E-state index in [-0.39, 0.29) is 11.5 Å². The molecule has 0 aromatic carbocycles. The molecule has 1 heterocycles. The summed E-state index contributed by atoms with van der Waals surface area (Å²) in [5, 5.41) is 3.31. The largest absolute Gasteiger partial charge is 0.469 e. The second-order valence-corrected chi connectivity index (χ2v) is 4.57. The number of carbonyl (C=O) groups is 1. The van der Waals surface area contributed by atoms with Crippen LogP contribution in [0.2, 0.25) is 0 Å². The number of methoxy groups -OCH3 is 1. The van der Waals surface area contributed by atoms with Crippen LogP contribution in [0.15, 0.2) is 0 Å². The molecule has 0 bridgehead atoms. The third-order valence-corrected chi connectivity index (χ3v) is 3.62. The van der Waals surface area contributed by atoms with E-state index < -0.39 is 0 Å². The molecule has 1 saturated heterocycles. The lowest BCUT2D eigenvalue weighted by atomic mass is 9.81. The molecule has 4 heteroatoms. The van der Waals surface area contributed by atoms with Crippen LogP contribution in [-0.4, -0.2) is 50.2 Å². The van der Waals surface area contributed by atoms with Crippen LogP contribution in [0.3, 0.4) is 0 Å². The highest BCUT2D eigenvalue weighted by Crippen LogP contribution is 2.28. The zero-order valence-corrected chi connectivity index (χ0v) is 10.2. The Bertz CT molecular complexity index is 233. The molecule has 1 fully saturated rings. The highest BCUT2D eigenvalue weighted by Gasteiger charge is 2.37. The summed E-state index contributed by atoms with van der Waals surface area (Å²) in [6.07, 6.45) is 2.47. The highest BCUT2D eigenvalue weighted by molar-refractivity contribution is 5.70. The van der Waals surface area contributed by atoms with E-state index >= 15 is 0 Å². The standard InChI is InChI=1S/C11H22N2O2/c1-9-7-11(12-2,5-6-13(9)3)8-10(14)15-4/h9,12H,5-8H2,1-4H3. The van der Waals surface area contributed by atoms with Crippen LogP contribution < -0.4 is 5.32 Å². The molecule has 0 aromatic rings. The van der Waals surface area contributed by atoms with E-state index in [1.807, 2.05) is 7.05 Å². The lowest BCUT2D eigenvalue weighted by molar-refractivity contribution is -0.143. The molecule has 2 unspecified atom stereocenters. The Morgan fingerprint density at radius 2 is 2.33 bits per heavy atom. The third-order valence-electron chi connectivity index (χ3n) is 3.62. The third kappa shape index (κ3) is 2.92. The van der Waals surface area contributed by atoms with Gasteiger partial charge in [0.15, 0.2) is 0 Å². The maximum atomic E-state index is 11.4. The fourth-order valence-corrected chi connectivity index (χ4v) is 2.26. The summed E-state index contributed by atoms with van der Waals surface area (Å²) < 4.78 is 4.75. The zero-order valence-electron chi connectivity index (χ0n) is 10.2. The van der Waals surface area contributed by atoms with Crippen LogP contribution in [0.5, 0.6) is 0 Å². The SMILES string of the molecule is CNC1(CC(=O)OC)CCN(C)C(C)C1. The van der Waals surface area contributed by atoms with Gasteiger partial charge < -0.3 is 15.0 Å². The van der Waals surface area contributed by atoms with Gasteiger partial charge in [0.05, 0.1) is 13.5 Å². The van der Waals surface area contributed by atoms with Gasteiger partial charge in [0.1, 0.15) is 0 Å². The molecule has 0 aliphatic carbocycles. The Morgan fingerprint density at radius 3 is 2.80 bits per heavy atom. The fraction of sp³-hybridized carbons (Fsp3) is 0.909. The molecule has 0 aromatic heterocycles. The molecule has 0 saturated carbocycles. The van der Waals surface area contributed by atoms with Crippen LogP contribution in [-0.2, 0) is 9.53 Å². The monoisotopic (exact) mass is 214 g/mol. The van der Waals surface area contributed by atoms with Gasteiger partial charge in [0, 0.05) is 11.6 Å². The van der Waals surface area contributed by atoms with E-state index in [4.69, 9.17) is 4.74 Å². The summed E-state index contributed by atoms with van der Waals surface area (Å²) in [5.41, 5.74) is -0.0704. The molecule has 4 nitrogen and oxygen atoms in total. The van der Waals surface area contributed by atoms with Crippen LogP contribution >= 0.6 is 0 Å². The van der Waals surface area contributed by atoms with Crippen LogP contribution in [0.25, 0.3) is 0 Å². The Labute approximate surface area is 92.0 Å². The number of likely N-dealkylation sites (tertiary alicyclic amines) is 1. The number of ether oxygens (including phenoxy) is 1. The predicted octanol–water partition coefficient (Wildman–Crippen LogP) is 0.622. The molecule has 1 rings (SSSR count). The van der Waals surface area contributed by atoms with Gasteiger partial charge in [0.25, 0.3) is 0 Å². The van der Waals surface area contributed by atoms with Gasteiger partial charge in [-0.15, -0.1) is 0 Å². The number of hydrogen-bond donors (Lipinski definition) is 1. The smallest absolute Gasteiger partial charge is 0.307 e. The molecule has 0 radical (unpaired) electrons. The molecular formula is C11H22N2O2. The summed E-state index contributed by atoms with van der Waals surface area (Å²) >= 11 is 0. The van der Waals surface area contributed by atoms with Crippen molar-refractivity contribution in [3.8, 4) is 0 Å². The van der Waals surface area contributed by atoms with Crippen LogP contribution in [0.4, 0.5) is 0 Å². The minimum atomic E-state index is -0.124. The van der Waals surface area contributed by atoms with Crippen molar-refractivity contribution in [2.75, 3.05) is 27.7 Å². The number of nitrogens with zero attached hydrogens (tertiary/aromatic N) is 1. The van der Waals surface area contributed by atoms with Gasteiger partial charge >= 0.3 is 5.97 Å². The van der Waals surface area contributed by atoms with E-state index in [0.29, 0.717) is 12.5 Å². The maximum absolute atomic E-state index is 11.4. The minimum absolute atomic E-state index is 0.0704. The molecule has 1 N–H and O–H groups in total. The van der Waals surface area contributed by atoms with E-state index in [1.165, 1.54) is 7.11 Å². The van der Waals surface area contributed by atoms with Crippen molar-refractivity contribution in [2.45, 2.75) is 37.8 Å². The molecule has 15 heavy (non-hydrogen) atoms. The number of piperidine rings is 1. The van der Waals surface area contributed by atoms with Gasteiger partial charge in [-0.3, -0.25) is 4.79 Å². The van der Waals surface area contributed by atoms with Crippen molar-refractivity contribution in [3.05, 3.63) is 0 Å². The molecule has 0 amide bonds. The summed E-state index contributed by atoms with van der Waals surface area (Å²) in [5.74, 6) is -0.124. The molecule has 1 aliphatic rings. The van der Waals surface area contributed by atoms with Crippen LogP contribution in [0.1, 0.15) is 26.2 Å². The number of nitrogens with one attached hydrogen (secondary N) is 1. The molecule has 1 aliphatic heterocycles. The first-order chi connectivity index (χ1) is 7.03.